The van der Waals surface area contributed by atoms with Crippen molar-refractivity contribution in [3.05, 3.63) is 10.4 Å². The van der Waals surface area contributed by atoms with Gasteiger partial charge in [-0.2, -0.15) is 0 Å². The maximum absolute atomic E-state index is 11.2. The van der Waals surface area contributed by atoms with E-state index in [4.69, 9.17) is 10.3 Å². The van der Waals surface area contributed by atoms with Crippen molar-refractivity contribution in [3.63, 3.8) is 0 Å². The monoisotopic (exact) mass is 533 g/mol. The summed E-state index contributed by atoms with van der Waals surface area (Å²) in [4.78, 5) is 1.89. The van der Waals surface area contributed by atoms with Crippen LogP contribution in [0.5, 0.6) is 0 Å². The van der Waals surface area contributed by atoms with Gasteiger partial charge < -0.3 is 4.74 Å². The summed E-state index contributed by atoms with van der Waals surface area (Å²) in [5, 5.41) is 0.767. The minimum Gasteiger partial charge on any atom is -0.379 e. The lowest BCUT2D eigenvalue weighted by atomic mass is 10.3. The molecule has 106 valence electrons. The highest BCUT2D eigenvalue weighted by Crippen LogP contribution is 2.18. The SMILES string of the molecule is [N-]=[N+]=NS(=O)(=O)CC(Br)C(Br)COCC(Br)CBr. The van der Waals surface area contributed by atoms with E-state index in [1.54, 1.807) is 0 Å². The molecule has 0 aromatic rings. The molecule has 0 fully saturated rings. The van der Waals surface area contributed by atoms with Gasteiger partial charge >= 0.3 is 0 Å². The Bertz CT molecular complexity index is 387. The number of alkyl halides is 4. The van der Waals surface area contributed by atoms with Gasteiger partial charge in [-0.05, 0) is 5.53 Å². The first-order valence-corrected chi connectivity index (χ1v) is 10.1. The van der Waals surface area contributed by atoms with Gasteiger partial charge in [0.1, 0.15) is 0 Å². The predicted molar refractivity (Wildman–Crippen MR) is 85.7 cm³/mol. The molecule has 3 atom stereocenters. The van der Waals surface area contributed by atoms with Crippen LogP contribution in [0, 0.1) is 0 Å². The largest absolute Gasteiger partial charge is 0.379 e. The van der Waals surface area contributed by atoms with E-state index < -0.39 is 14.9 Å². The van der Waals surface area contributed by atoms with Crippen molar-refractivity contribution < 1.29 is 13.2 Å². The quantitative estimate of drug-likeness (QED) is 0.196. The van der Waals surface area contributed by atoms with E-state index in [1.807, 2.05) is 0 Å². The molecule has 0 aliphatic carbocycles. The van der Waals surface area contributed by atoms with E-state index in [1.165, 1.54) is 0 Å². The second kappa shape index (κ2) is 9.95. The van der Waals surface area contributed by atoms with E-state index in [2.05, 4.69) is 73.2 Å². The molecule has 0 N–H and O–H groups in total. The number of nitrogens with zero attached hydrogens (tertiary/aromatic N) is 3. The zero-order valence-electron chi connectivity index (χ0n) is 9.05. The Morgan fingerprint density at radius 3 is 2.33 bits per heavy atom. The Morgan fingerprint density at radius 1 is 1.22 bits per heavy atom. The third kappa shape index (κ3) is 9.11. The first kappa shape index (κ1) is 19.1. The van der Waals surface area contributed by atoms with Crippen LogP contribution >= 0.6 is 63.7 Å². The lowest BCUT2D eigenvalue weighted by molar-refractivity contribution is 0.142. The fraction of sp³-hybridized carbons (Fsp3) is 1.00. The van der Waals surface area contributed by atoms with Gasteiger partial charge in [0.25, 0.3) is 0 Å². The Hall–Kier alpha value is 1.14. The van der Waals surface area contributed by atoms with Gasteiger partial charge in [-0.15, -0.1) is 0 Å². The van der Waals surface area contributed by atoms with Gasteiger partial charge in [-0.1, -0.05) is 63.7 Å². The molecule has 6 nitrogen and oxygen atoms in total. The van der Waals surface area contributed by atoms with Gasteiger partial charge in [-0.25, -0.2) is 8.42 Å². The molecule has 0 saturated heterocycles. The molecule has 0 rings (SSSR count). The van der Waals surface area contributed by atoms with Crippen molar-refractivity contribution in [2.24, 2.45) is 4.52 Å². The molecule has 0 saturated carbocycles. The molecule has 0 bridgehead atoms. The molecule has 11 heteroatoms. The predicted octanol–water partition coefficient (Wildman–Crippen LogP) is 3.33. The van der Waals surface area contributed by atoms with Gasteiger partial charge in [0.05, 0.1) is 23.8 Å². The van der Waals surface area contributed by atoms with Gasteiger partial charge in [0.15, 0.2) is 0 Å². The number of azide groups is 1. The first-order valence-electron chi connectivity index (χ1n) is 4.67. The van der Waals surface area contributed by atoms with Crippen molar-refractivity contribution in [1.29, 1.82) is 0 Å². The van der Waals surface area contributed by atoms with Crippen LogP contribution in [0.1, 0.15) is 0 Å². The first-order chi connectivity index (χ1) is 8.32. The van der Waals surface area contributed by atoms with Crippen molar-refractivity contribution in [2.45, 2.75) is 14.5 Å². The third-order valence-corrected chi connectivity index (χ3v) is 8.01. The maximum Gasteiger partial charge on any atom is 0.236 e. The van der Waals surface area contributed by atoms with E-state index in [0.717, 1.165) is 5.33 Å². The summed E-state index contributed by atoms with van der Waals surface area (Å²) in [5.74, 6) is -0.285. The molecule has 18 heavy (non-hydrogen) atoms. The third-order valence-electron chi connectivity index (χ3n) is 1.67. The molecule has 0 aromatic heterocycles. The summed E-state index contributed by atoms with van der Waals surface area (Å²) in [7, 11) is -3.76. The van der Waals surface area contributed by atoms with Gasteiger partial charge in [0, 0.05) is 24.4 Å². The summed E-state index contributed by atoms with van der Waals surface area (Å²) < 4.78 is 30.6. The number of halogens is 4. The van der Waals surface area contributed by atoms with Crippen LogP contribution in [0.4, 0.5) is 0 Å². The van der Waals surface area contributed by atoms with Crippen LogP contribution in [0.3, 0.4) is 0 Å². The Morgan fingerprint density at radius 2 is 1.83 bits per heavy atom. The molecule has 0 amide bonds. The number of ether oxygens (including phenoxy) is 1. The minimum atomic E-state index is -3.76. The molecular formula is C7H11Br4N3O3S. The second-order valence-corrected chi connectivity index (χ2v) is 9.20. The molecule has 0 aliphatic rings. The maximum atomic E-state index is 11.2. The van der Waals surface area contributed by atoms with Crippen molar-refractivity contribution in [2.75, 3.05) is 24.3 Å². The Labute approximate surface area is 139 Å². The number of hydrogen-bond donors (Lipinski definition) is 0. The van der Waals surface area contributed by atoms with Crippen LogP contribution in [0.15, 0.2) is 4.52 Å². The minimum absolute atomic E-state index is 0.198. The van der Waals surface area contributed by atoms with E-state index in [0.29, 0.717) is 13.2 Å². The van der Waals surface area contributed by atoms with Crippen LogP contribution in [-0.2, 0) is 14.8 Å². The van der Waals surface area contributed by atoms with Crippen molar-refractivity contribution >= 4 is 73.7 Å². The van der Waals surface area contributed by atoms with Crippen LogP contribution < -0.4 is 0 Å². The molecule has 0 aromatic carbocycles. The molecule has 0 heterocycles. The topological polar surface area (TPSA) is 92.1 Å². The molecular weight excluding hydrogens is 526 g/mol. The smallest absolute Gasteiger partial charge is 0.236 e. The van der Waals surface area contributed by atoms with E-state index >= 15 is 0 Å². The highest BCUT2D eigenvalue weighted by atomic mass is 79.9. The summed E-state index contributed by atoms with van der Waals surface area (Å²) in [5.41, 5.74) is 8.10. The van der Waals surface area contributed by atoms with Crippen LogP contribution in [0.25, 0.3) is 10.4 Å². The zero-order chi connectivity index (χ0) is 14.2. The molecule has 0 aliphatic heterocycles. The molecule has 0 radical (unpaired) electrons. The lowest BCUT2D eigenvalue weighted by Gasteiger charge is -2.16. The zero-order valence-corrected chi connectivity index (χ0v) is 16.2. The second-order valence-electron chi connectivity index (χ2n) is 3.24. The fourth-order valence-electron chi connectivity index (χ4n) is 0.852. The van der Waals surface area contributed by atoms with E-state index in [9.17, 15) is 8.42 Å². The van der Waals surface area contributed by atoms with Crippen molar-refractivity contribution in [1.82, 2.24) is 0 Å². The highest BCUT2D eigenvalue weighted by Gasteiger charge is 2.22. The molecule has 0 spiro atoms. The molecule has 3 unspecified atom stereocenters. The highest BCUT2D eigenvalue weighted by molar-refractivity contribution is 9.12. The summed E-state index contributed by atoms with van der Waals surface area (Å²) >= 11 is 13.2. The lowest BCUT2D eigenvalue weighted by Crippen LogP contribution is -2.27. The summed E-state index contributed by atoms with van der Waals surface area (Å²) in [6, 6.07) is 0. The number of sulfonamides is 1. The number of hydrogen-bond acceptors (Lipinski definition) is 3. The van der Waals surface area contributed by atoms with Crippen LogP contribution in [0.2, 0.25) is 0 Å². The fourth-order valence-corrected chi connectivity index (χ4v) is 3.81. The average Bonchev–Trinajstić information content (AvgIpc) is 2.27. The van der Waals surface area contributed by atoms with Crippen molar-refractivity contribution in [3.8, 4) is 0 Å². The average molecular weight is 537 g/mol. The Balaban J connectivity index is 4.11. The number of rotatable bonds is 9. The van der Waals surface area contributed by atoms with E-state index in [-0.39, 0.29) is 15.4 Å². The van der Waals surface area contributed by atoms with Crippen LogP contribution in [-0.4, -0.2) is 47.2 Å². The Kier molecular flexibility index (Phi) is 10.6. The normalized spacial score (nSPS) is 16.7. The summed E-state index contributed by atoms with van der Waals surface area (Å²) in [6.45, 7) is 0.854. The summed E-state index contributed by atoms with van der Waals surface area (Å²) in [6.07, 6.45) is 0. The van der Waals surface area contributed by atoms with Gasteiger partial charge in [0.2, 0.25) is 10.0 Å². The van der Waals surface area contributed by atoms with Gasteiger partial charge in [-0.3, -0.25) is 0 Å². The standard InChI is InChI=1S/C7H11Br4N3O3S/c8-1-5(9)2-17-3-6(10)7(11)4-18(15,16)14-13-12/h5-7H,1-4H2.